The van der Waals surface area contributed by atoms with Crippen molar-refractivity contribution in [1.82, 2.24) is 9.80 Å². The SMILES string of the molecule is CN(C)C(=O)COC[C@]12CCC[C@@H]1CN(Cc1cccs1)C2. The fourth-order valence-electron chi connectivity index (χ4n) is 3.98. The number of nitrogens with zero attached hydrogens (tertiary/aromatic N) is 2. The van der Waals surface area contributed by atoms with Crippen molar-refractivity contribution in [2.24, 2.45) is 11.3 Å². The van der Waals surface area contributed by atoms with Crippen molar-refractivity contribution in [2.75, 3.05) is 40.4 Å². The van der Waals surface area contributed by atoms with Gasteiger partial charge in [0.2, 0.25) is 5.91 Å². The Morgan fingerprint density at radius 3 is 3.14 bits per heavy atom. The quantitative estimate of drug-likeness (QED) is 0.806. The first-order chi connectivity index (χ1) is 10.6. The molecule has 1 aromatic rings. The fourth-order valence-corrected chi connectivity index (χ4v) is 4.72. The number of thiophene rings is 1. The third kappa shape index (κ3) is 3.36. The molecule has 3 rings (SSSR count). The number of carbonyl (C=O) groups is 1. The van der Waals surface area contributed by atoms with E-state index in [0.29, 0.717) is 0 Å². The number of hydrogen-bond acceptors (Lipinski definition) is 4. The zero-order valence-electron chi connectivity index (χ0n) is 13.6. The fraction of sp³-hybridized carbons (Fsp3) is 0.706. The van der Waals surface area contributed by atoms with E-state index in [1.165, 1.54) is 30.7 Å². The lowest BCUT2D eigenvalue weighted by Crippen LogP contribution is -2.34. The van der Waals surface area contributed by atoms with Gasteiger partial charge < -0.3 is 9.64 Å². The summed E-state index contributed by atoms with van der Waals surface area (Å²) >= 11 is 1.84. The summed E-state index contributed by atoms with van der Waals surface area (Å²) in [5, 5.41) is 2.15. The minimum absolute atomic E-state index is 0.0550. The van der Waals surface area contributed by atoms with Gasteiger partial charge in [-0.1, -0.05) is 12.5 Å². The minimum Gasteiger partial charge on any atom is -0.371 e. The minimum atomic E-state index is 0.0550. The van der Waals surface area contributed by atoms with E-state index >= 15 is 0 Å². The van der Waals surface area contributed by atoms with Gasteiger partial charge in [0.05, 0.1) is 6.61 Å². The van der Waals surface area contributed by atoms with Gasteiger partial charge in [-0.3, -0.25) is 9.69 Å². The van der Waals surface area contributed by atoms with Gasteiger partial charge in [-0.2, -0.15) is 0 Å². The Morgan fingerprint density at radius 2 is 2.41 bits per heavy atom. The second-order valence-electron chi connectivity index (χ2n) is 6.98. The molecule has 1 aliphatic carbocycles. The molecule has 2 aliphatic rings. The first-order valence-corrected chi connectivity index (χ1v) is 9.00. The van der Waals surface area contributed by atoms with Gasteiger partial charge in [0.1, 0.15) is 6.61 Å². The molecule has 0 N–H and O–H groups in total. The van der Waals surface area contributed by atoms with Crippen LogP contribution in [0.25, 0.3) is 0 Å². The number of ether oxygens (including phenoxy) is 1. The third-order valence-electron chi connectivity index (χ3n) is 5.18. The average Bonchev–Trinajstić information content (AvgIpc) is 3.15. The van der Waals surface area contributed by atoms with Crippen LogP contribution in [0.3, 0.4) is 0 Å². The Hall–Kier alpha value is -0.910. The van der Waals surface area contributed by atoms with E-state index in [1.807, 2.05) is 11.3 Å². The average molecular weight is 322 g/mol. The van der Waals surface area contributed by atoms with Crippen LogP contribution in [0.4, 0.5) is 0 Å². The summed E-state index contributed by atoms with van der Waals surface area (Å²) in [5.41, 5.74) is 0.282. The van der Waals surface area contributed by atoms with Crippen LogP contribution in [0, 0.1) is 11.3 Å². The van der Waals surface area contributed by atoms with Crippen LogP contribution in [-0.2, 0) is 16.1 Å². The standard InChI is InChI=1S/C17H26N2O2S/c1-18(2)16(20)11-21-13-17-7-3-5-14(17)9-19(12-17)10-15-6-4-8-22-15/h4,6,8,14H,3,5,7,9-13H2,1-2H3/t14-,17-/m1/s1. The monoisotopic (exact) mass is 322 g/mol. The molecule has 1 saturated heterocycles. The van der Waals surface area contributed by atoms with Crippen molar-refractivity contribution in [3.8, 4) is 0 Å². The topological polar surface area (TPSA) is 32.8 Å². The molecule has 1 saturated carbocycles. The third-order valence-corrected chi connectivity index (χ3v) is 6.04. The van der Waals surface area contributed by atoms with Crippen LogP contribution >= 0.6 is 11.3 Å². The van der Waals surface area contributed by atoms with E-state index in [4.69, 9.17) is 4.74 Å². The van der Waals surface area contributed by atoms with Gasteiger partial charge in [-0.25, -0.2) is 0 Å². The Balaban J connectivity index is 1.55. The second kappa shape index (κ2) is 6.69. The lowest BCUT2D eigenvalue weighted by Gasteiger charge is -2.29. The highest BCUT2D eigenvalue weighted by molar-refractivity contribution is 7.09. The van der Waals surface area contributed by atoms with Gasteiger partial charge in [-0.15, -0.1) is 11.3 Å². The molecule has 0 unspecified atom stereocenters. The van der Waals surface area contributed by atoms with Crippen molar-refractivity contribution in [2.45, 2.75) is 25.8 Å². The van der Waals surface area contributed by atoms with Crippen LogP contribution in [0.2, 0.25) is 0 Å². The molecule has 2 atom stereocenters. The predicted molar refractivity (Wildman–Crippen MR) is 88.9 cm³/mol. The molecular weight excluding hydrogens is 296 g/mol. The van der Waals surface area contributed by atoms with Crippen molar-refractivity contribution >= 4 is 17.2 Å². The van der Waals surface area contributed by atoms with Crippen molar-refractivity contribution < 1.29 is 9.53 Å². The summed E-state index contributed by atoms with van der Waals surface area (Å²) in [6.45, 7) is 4.31. The van der Waals surface area contributed by atoms with E-state index in [9.17, 15) is 4.79 Å². The molecule has 122 valence electrons. The highest BCUT2D eigenvalue weighted by Crippen LogP contribution is 2.49. The molecule has 4 nitrogen and oxygen atoms in total. The van der Waals surface area contributed by atoms with Gasteiger partial charge in [0.15, 0.2) is 0 Å². The maximum absolute atomic E-state index is 11.7. The molecule has 2 heterocycles. The second-order valence-corrected chi connectivity index (χ2v) is 8.01. The largest absolute Gasteiger partial charge is 0.371 e. The molecule has 22 heavy (non-hydrogen) atoms. The van der Waals surface area contributed by atoms with Gasteiger partial charge in [-0.05, 0) is 30.2 Å². The molecule has 1 aromatic heterocycles. The summed E-state index contributed by atoms with van der Waals surface area (Å²) in [4.78, 5) is 17.3. The summed E-state index contributed by atoms with van der Waals surface area (Å²) in [6.07, 6.45) is 3.86. The zero-order valence-corrected chi connectivity index (χ0v) is 14.4. The number of likely N-dealkylation sites (N-methyl/N-ethyl adjacent to an activating group) is 1. The van der Waals surface area contributed by atoms with Crippen molar-refractivity contribution in [1.29, 1.82) is 0 Å². The highest BCUT2D eigenvalue weighted by atomic mass is 32.1. The molecule has 2 fully saturated rings. The number of fused-ring (bicyclic) bond motifs is 1. The molecule has 0 spiro atoms. The normalized spacial score (nSPS) is 28.0. The Bertz CT molecular complexity index is 503. The Kier molecular flexibility index (Phi) is 4.85. The smallest absolute Gasteiger partial charge is 0.248 e. The van der Waals surface area contributed by atoms with E-state index in [2.05, 4.69) is 22.4 Å². The zero-order chi connectivity index (χ0) is 15.6. The summed E-state index contributed by atoms with van der Waals surface area (Å²) in [7, 11) is 3.56. The number of hydrogen-bond donors (Lipinski definition) is 0. The number of amides is 1. The maximum atomic E-state index is 11.7. The lowest BCUT2D eigenvalue weighted by atomic mass is 9.82. The van der Waals surface area contributed by atoms with Crippen LogP contribution in [0.5, 0.6) is 0 Å². The van der Waals surface area contributed by atoms with Gasteiger partial charge in [0.25, 0.3) is 0 Å². The summed E-state index contributed by atoms with van der Waals surface area (Å²) < 4.78 is 5.81. The van der Waals surface area contributed by atoms with Gasteiger partial charge >= 0.3 is 0 Å². The summed E-state index contributed by atoms with van der Waals surface area (Å²) in [6, 6.07) is 4.35. The van der Waals surface area contributed by atoms with E-state index in [1.54, 1.807) is 19.0 Å². The summed E-state index contributed by atoms with van der Waals surface area (Å²) in [5.74, 6) is 0.793. The Morgan fingerprint density at radius 1 is 1.55 bits per heavy atom. The predicted octanol–water partition coefficient (Wildman–Crippen LogP) is 2.45. The van der Waals surface area contributed by atoms with Crippen molar-refractivity contribution in [3.05, 3.63) is 22.4 Å². The van der Waals surface area contributed by atoms with Gasteiger partial charge in [0, 0.05) is 44.0 Å². The molecule has 1 aliphatic heterocycles. The van der Waals surface area contributed by atoms with E-state index in [0.717, 1.165) is 25.6 Å². The van der Waals surface area contributed by atoms with Crippen LogP contribution < -0.4 is 0 Å². The van der Waals surface area contributed by atoms with E-state index in [-0.39, 0.29) is 17.9 Å². The Labute approximate surface area is 137 Å². The van der Waals surface area contributed by atoms with Crippen molar-refractivity contribution in [3.63, 3.8) is 0 Å². The van der Waals surface area contributed by atoms with Crippen LogP contribution in [0.1, 0.15) is 24.1 Å². The first kappa shape index (κ1) is 16.0. The number of carbonyl (C=O) groups excluding carboxylic acids is 1. The van der Waals surface area contributed by atoms with Crippen LogP contribution in [0.15, 0.2) is 17.5 Å². The first-order valence-electron chi connectivity index (χ1n) is 8.12. The highest BCUT2D eigenvalue weighted by Gasteiger charge is 2.49. The number of rotatable bonds is 6. The van der Waals surface area contributed by atoms with E-state index < -0.39 is 0 Å². The maximum Gasteiger partial charge on any atom is 0.248 e. The molecule has 5 heteroatoms. The molecule has 0 aromatic carbocycles. The molecule has 1 amide bonds. The number of likely N-dealkylation sites (tertiary alicyclic amines) is 1. The molecule has 0 bridgehead atoms. The molecular formula is C17H26N2O2S. The lowest BCUT2D eigenvalue weighted by molar-refractivity contribution is -0.135. The van der Waals surface area contributed by atoms with Crippen LogP contribution in [-0.4, -0.2) is 56.1 Å². The molecule has 0 radical (unpaired) electrons.